The van der Waals surface area contributed by atoms with E-state index in [-0.39, 0.29) is 6.17 Å². The molecule has 0 fully saturated rings. The Bertz CT molecular complexity index is 3330. The molecule has 0 spiro atoms. The van der Waals surface area contributed by atoms with Crippen molar-refractivity contribution in [1.82, 2.24) is 24.1 Å². The lowest BCUT2D eigenvalue weighted by atomic mass is 10.1. The summed E-state index contributed by atoms with van der Waals surface area (Å²) in [5, 5.41) is 8.36. The van der Waals surface area contributed by atoms with E-state index in [0.717, 1.165) is 84.2 Å². The predicted molar refractivity (Wildman–Crippen MR) is 253 cm³/mol. The first-order chi connectivity index (χ1) is 30.2. The molecule has 292 valence electrons. The summed E-state index contributed by atoms with van der Waals surface area (Å²) in [5.41, 5.74) is 16.1. The average Bonchev–Trinajstić information content (AvgIpc) is 4.09. The zero-order valence-electron chi connectivity index (χ0n) is 33.6. The fourth-order valence-electron chi connectivity index (χ4n) is 9.06. The molecular weight excluding hydrogens is 747 g/mol. The molecule has 0 saturated carbocycles. The molecule has 0 saturated heterocycles. The number of amidine groups is 1. The number of para-hydroxylation sites is 3. The smallest absolute Gasteiger partial charge is 0.165 e. The number of aromatic nitrogens is 4. The third-order valence-electron chi connectivity index (χ3n) is 11.6. The number of allylic oxidation sites excluding steroid dienone is 3. The van der Waals surface area contributed by atoms with Crippen molar-refractivity contribution in [3.63, 3.8) is 0 Å². The van der Waals surface area contributed by atoms with Gasteiger partial charge in [0.2, 0.25) is 0 Å². The van der Waals surface area contributed by atoms with Crippen LogP contribution in [0.15, 0.2) is 224 Å². The van der Waals surface area contributed by atoms with Gasteiger partial charge in [0.1, 0.15) is 17.5 Å². The molecule has 1 unspecified atom stereocenters. The monoisotopic (exact) mass is 787 g/mol. The van der Waals surface area contributed by atoms with Gasteiger partial charge in [-0.25, -0.2) is 4.98 Å². The maximum absolute atomic E-state index is 5.53. The molecule has 11 rings (SSSR count). The van der Waals surface area contributed by atoms with Crippen LogP contribution >= 0.6 is 0 Å². The lowest BCUT2D eigenvalue weighted by Gasteiger charge is -2.28. The van der Waals surface area contributed by atoms with Crippen LogP contribution in [0.1, 0.15) is 12.5 Å². The van der Waals surface area contributed by atoms with Gasteiger partial charge in [0, 0.05) is 50.0 Å². The Morgan fingerprint density at radius 3 is 1.82 bits per heavy atom. The predicted octanol–water partition coefficient (Wildman–Crippen LogP) is 12.5. The van der Waals surface area contributed by atoms with E-state index >= 15 is 0 Å². The quantitative estimate of drug-likeness (QED) is 0.148. The van der Waals surface area contributed by atoms with E-state index in [1.165, 1.54) is 10.8 Å². The maximum Gasteiger partial charge on any atom is 0.165 e. The fourth-order valence-corrected chi connectivity index (χ4v) is 9.06. The standard InChI is InChI=1S/C54H41N7/c1-3-19-37(20-4-2)52-56-57-53(39-23-11-6-12-24-39)61(52)43-33-31-42(32-34-43)58-46-30-18-17-29-44(46)48-47(58)36-35-45-49(48)59(40-25-13-7-14-26-40)54-50(45)60(41-27-15-8-16-28-41)51(55-54)38-21-9-5-10-22-38/h3-36,52,56H,1H2,2H3/b20-4-,37-19+. The summed E-state index contributed by atoms with van der Waals surface area (Å²) in [5.74, 6) is 1.76. The second-order valence-corrected chi connectivity index (χ2v) is 15.1. The second-order valence-electron chi connectivity index (χ2n) is 15.1. The fraction of sp³-hybridized carbons (Fsp3) is 0.0370. The van der Waals surface area contributed by atoms with Crippen molar-refractivity contribution in [2.45, 2.75) is 13.1 Å². The highest BCUT2D eigenvalue weighted by Gasteiger charge is 2.32. The molecule has 0 amide bonds. The third kappa shape index (κ3) is 5.81. The van der Waals surface area contributed by atoms with E-state index in [0.29, 0.717) is 0 Å². The van der Waals surface area contributed by atoms with Crippen LogP contribution < -0.4 is 10.3 Å². The molecule has 0 radical (unpaired) electrons. The van der Waals surface area contributed by atoms with Gasteiger partial charge in [0.25, 0.3) is 0 Å². The van der Waals surface area contributed by atoms with Crippen molar-refractivity contribution >= 4 is 55.4 Å². The molecule has 4 heterocycles. The number of fused-ring (bicyclic) bond motifs is 7. The van der Waals surface area contributed by atoms with E-state index in [1.54, 1.807) is 0 Å². The number of benzene rings is 7. The van der Waals surface area contributed by atoms with Gasteiger partial charge in [-0.2, -0.15) is 5.10 Å². The Kier molecular flexibility index (Phi) is 8.78. The number of hydrogen-bond donors (Lipinski definition) is 1. The van der Waals surface area contributed by atoms with Crippen LogP contribution in [0.3, 0.4) is 0 Å². The molecule has 10 aromatic rings. The van der Waals surface area contributed by atoms with Gasteiger partial charge in [-0.1, -0.05) is 146 Å². The Morgan fingerprint density at radius 2 is 1.15 bits per heavy atom. The van der Waals surface area contributed by atoms with Gasteiger partial charge in [-0.3, -0.25) is 19.5 Å². The highest BCUT2D eigenvalue weighted by Crippen LogP contribution is 2.44. The molecule has 61 heavy (non-hydrogen) atoms. The van der Waals surface area contributed by atoms with Crippen molar-refractivity contribution in [1.29, 1.82) is 0 Å². The van der Waals surface area contributed by atoms with Crippen LogP contribution in [-0.4, -0.2) is 30.7 Å². The van der Waals surface area contributed by atoms with Crippen molar-refractivity contribution in [2.24, 2.45) is 5.10 Å². The lowest BCUT2D eigenvalue weighted by molar-refractivity contribution is 0.666. The lowest BCUT2D eigenvalue weighted by Crippen LogP contribution is -2.41. The molecule has 1 atom stereocenters. The number of nitrogens with one attached hydrogen (secondary N) is 1. The van der Waals surface area contributed by atoms with Gasteiger partial charge in [0.15, 0.2) is 11.5 Å². The number of rotatable bonds is 9. The molecular formula is C54H41N7. The van der Waals surface area contributed by atoms with Gasteiger partial charge in [0.05, 0.1) is 16.6 Å². The molecule has 3 aromatic heterocycles. The Labute approximate surface area is 353 Å². The first-order valence-corrected chi connectivity index (χ1v) is 20.6. The Hall–Kier alpha value is -8.16. The minimum absolute atomic E-state index is 0.218. The molecule has 0 bridgehead atoms. The van der Waals surface area contributed by atoms with Crippen molar-refractivity contribution in [3.8, 4) is 28.5 Å². The van der Waals surface area contributed by atoms with Crippen LogP contribution in [-0.2, 0) is 0 Å². The Morgan fingerprint density at radius 1 is 0.557 bits per heavy atom. The number of nitrogens with zero attached hydrogens (tertiary/aromatic N) is 6. The molecule has 1 aliphatic rings. The molecule has 7 heteroatoms. The first-order valence-electron chi connectivity index (χ1n) is 20.6. The molecule has 1 N–H and O–H groups in total. The molecule has 7 aromatic carbocycles. The zero-order chi connectivity index (χ0) is 40.9. The SMILES string of the molecule is C=C/C=C(\C=C/C)C1NN=C(c2ccccc2)N1c1ccc(-n2c3ccccc3c3c2ccc2c4c(nc(-c5ccccc5)n4-c4ccccc4)n(-c4ccccc4)c23)cc1. The topological polar surface area (TPSA) is 55.3 Å². The molecule has 1 aliphatic heterocycles. The molecule has 0 aliphatic carbocycles. The number of imidazole rings is 1. The third-order valence-corrected chi connectivity index (χ3v) is 11.6. The maximum atomic E-state index is 5.53. The minimum atomic E-state index is -0.218. The van der Waals surface area contributed by atoms with Crippen molar-refractivity contribution in [3.05, 3.63) is 224 Å². The first kappa shape index (κ1) is 36.0. The normalized spacial score (nSPS) is 14.4. The van der Waals surface area contributed by atoms with E-state index in [4.69, 9.17) is 10.1 Å². The summed E-state index contributed by atoms with van der Waals surface area (Å²) in [4.78, 5) is 7.79. The number of hydrazone groups is 1. The minimum Gasteiger partial charge on any atom is -0.309 e. The highest BCUT2D eigenvalue weighted by molar-refractivity contribution is 6.26. The number of hydrogen-bond acceptors (Lipinski definition) is 4. The van der Waals surface area contributed by atoms with Crippen molar-refractivity contribution in [2.75, 3.05) is 4.90 Å². The van der Waals surface area contributed by atoms with Crippen LogP contribution in [0.4, 0.5) is 5.69 Å². The van der Waals surface area contributed by atoms with E-state index in [1.807, 2.05) is 25.1 Å². The summed E-state index contributed by atoms with van der Waals surface area (Å²) in [6.07, 6.45) is 7.81. The van der Waals surface area contributed by atoms with Crippen molar-refractivity contribution < 1.29 is 0 Å². The van der Waals surface area contributed by atoms with Crippen LogP contribution in [0.5, 0.6) is 0 Å². The van der Waals surface area contributed by atoms with E-state index < -0.39 is 0 Å². The zero-order valence-corrected chi connectivity index (χ0v) is 33.6. The van der Waals surface area contributed by atoms with Gasteiger partial charge >= 0.3 is 0 Å². The van der Waals surface area contributed by atoms with Crippen LogP contribution in [0, 0.1) is 0 Å². The van der Waals surface area contributed by atoms with E-state index in [9.17, 15) is 0 Å². The summed E-state index contributed by atoms with van der Waals surface area (Å²) in [6, 6.07) is 64.2. The van der Waals surface area contributed by atoms with E-state index in [2.05, 4.69) is 219 Å². The largest absolute Gasteiger partial charge is 0.309 e. The summed E-state index contributed by atoms with van der Waals surface area (Å²) >= 11 is 0. The van der Waals surface area contributed by atoms with Gasteiger partial charge < -0.3 is 4.57 Å². The summed E-state index contributed by atoms with van der Waals surface area (Å²) in [6.45, 7) is 6.03. The van der Waals surface area contributed by atoms with Gasteiger partial charge in [-0.15, -0.1) is 0 Å². The summed E-state index contributed by atoms with van der Waals surface area (Å²) in [7, 11) is 0. The van der Waals surface area contributed by atoms with Crippen LogP contribution in [0.2, 0.25) is 0 Å². The Balaban J connectivity index is 1.15. The molecule has 7 nitrogen and oxygen atoms in total. The summed E-state index contributed by atoms with van der Waals surface area (Å²) < 4.78 is 7.09. The highest BCUT2D eigenvalue weighted by atomic mass is 15.5. The van der Waals surface area contributed by atoms with Crippen LogP contribution in [0.25, 0.3) is 72.3 Å². The van der Waals surface area contributed by atoms with Gasteiger partial charge in [-0.05, 0) is 79.2 Å². The average molecular weight is 788 g/mol. The second kappa shape index (κ2) is 14.9. The number of anilines is 1.